The second-order valence-electron chi connectivity index (χ2n) is 5.17. The summed E-state index contributed by atoms with van der Waals surface area (Å²) < 4.78 is 5.08. The molecule has 0 atom stereocenters. The minimum absolute atomic E-state index is 0.00641. The lowest BCUT2D eigenvalue weighted by Crippen LogP contribution is -2.49. The molecular weight excluding hydrogens is 268 g/mol. The van der Waals surface area contributed by atoms with E-state index in [2.05, 4.69) is 15.0 Å². The fourth-order valence-electron chi connectivity index (χ4n) is 2.63. The van der Waals surface area contributed by atoms with Crippen LogP contribution in [0.15, 0.2) is 28.9 Å². The second kappa shape index (κ2) is 5.55. The van der Waals surface area contributed by atoms with E-state index in [1.807, 2.05) is 23.1 Å². The first-order valence-electron chi connectivity index (χ1n) is 7.05. The topological polar surface area (TPSA) is 62.5 Å². The summed E-state index contributed by atoms with van der Waals surface area (Å²) >= 11 is 0. The first kappa shape index (κ1) is 13.6. The van der Waals surface area contributed by atoms with Crippen LogP contribution >= 0.6 is 0 Å². The molecule has 2 aromatic rings. The van der Waals surface area contributed by atoms with Gasteiger partial charge in [-0.15, -0.1) is 0 Å². The van der Waals surface area contributed by atoms with Gasteiger partial charge in [-0.2, -0.15) is 0 Å². The van der Waals surface area contributed by atoms with Crippen molar-refractivity contribution in [2.45, 2.75) is 13.8 Å². The number of hydrogen-bond donors (Lipinski definition) is 0. The molecule has 1 amide bonds. The third-order valence-corrected chi connectivity index (χ3v) is 3.79. The van der Waals surface area contributed by atoms with E-state index in [1.165, 1.54) is 0 Å². The van der Waals surface area contributed by atoms with Crippen molar-refractivity contribution < 1.29 is 9.32 Å². The number of carbonyl (C=O) groups is 1. The summed E-state index contributed by atoms with van der Waals surface area (Å²) in [6, 6.07) is 5.87. The molecule has 0 saturated carbocycles. The number of pyridine rings is 1. The van der Waals surface area contributed by atoms with Gasteiger partial charge in [0, 0.05) is 32.4 Å². The highest BCUT2D eigenvalue weighted by molar-refractivity contribution is 5.96. The van der Waals surface area contributed by atoms with Gasteiger partial charge in [-0.05, 0) is 26.0 Å². The fourth-order valence-corrected chi connectivity index (χ4v) is 2.63. The van der Waals surface area contributed by atoms with Gasteiger partial charge in [0.25, 0.3) is 5.91 Å². The number of hydrogen-bond acceptors (Lipinski definition) is 5. The van der Waals surface area contributed by atoms with Crippen LogP contribution < -0.4 is 4.90 Å². The molecule has 2 aromatic heterocycles. The summed E-state index contributed by atoms with van der Waals surface area (Å²) in [4.78, 5) is 20.9. The zero-order valence-corrected chi connectivity index (χ0v) is 12.2. The normalized spacial score (nSPS) is 15.3. The molecule has 1 aliphatic heterocycles. The van der Waals surface area contributed by atoms with E-state index in [0.717, 1.165) is 18.9 Å². The van der Waals surface area contributed by atoms with Crippen molar-refractivity contribution in [2.24, 2.45) is 0 Å². The van der Waals surface area contributed by atoms with Gasteiger partial charge in [0.1, 0.15) is 17.1 Å². The Labute approximate surface area is 123 Å². The molecule has 0 N–H and O–H groups in total. The van der Waals surface area contributed by atoms with Crippen molar-refractivity contribution in [1.82, 2.24) is 15.0 Å². The highest BCUT2D eigenvalue weighted by atomic mass is 16.5. The molecule has 6 heteroatoms. The SMILES string of the molecule is Cc1noc(C)c1C(=O)N1CCN(c2ccccn2)CC1. The van der Waals surface area contributed by atoms with Crippen molar-refractivity contribution >= 4 is 11.7 Å². The van der Waals surface area contributed by atoms with E-state index in [4.69, 9.17) is 4.52 Å². The summed E-state index contributed by atoms with van der Waals surface area (Å²) in [5, 5.41) is 3.85. The molecular formula is C15H18N4O2. The average Bonchev–Trinajstić information content (AvgIpc) is 2.87. The highest BCUT2D eigenvalue weighted by Gasteiger charge is 2.26. The number of amides is 1. The largest absolute Gasteiger partial charge is 0.361 e. The molecule has 110 valence electrons. The minimum Gasteiger partial charge on any atom is -0.361 e. The van der Waals surface area contributed by atoms with Crippen LogP contribution in [0.1, 0.15) is 21.8 Å². The molecule has 1 aliphatic rings. The van der Waals surface area contributed by atoms with Gasteiger partial charge in [0.15, 0.2) is 0 Å². The molecule has 6 nitrogen and oxygen atoms in total. The summed E-state index contributed by atoms with van der Waals surface area (Å²) in [5.74, 6) is 1.55. The van der Waals surface area contributed by atoms with Crippen molar-refractivity contribution in [3.63, 3.8) is 0 Å². The standard InChI is InChI=1S/C15H18N4O2/c1-11-14(12(2)21-17-11)15(20)19-9-7-18(8-10-19)13-5-3-4-6-16-13/h3-6H,7-10H2,1-2H3. The summed E-state index contributed by atoms with van der Waals surface area (Å²) in [6.45, 7) is 6.50. The smallest absolute Gasteiger partial charge is 0.259 e. The Morgan fingerprint density at radius 2 is 1.95 bits per heavy atom. The van der Waals surface area contributed by atoms with E-state index >= 15 is 0 Å². The van der Waals surface area contributed by atoms with Crippen LogP contribution in [0.3, 0.4) is 0 Å². The third kappa shape index (κ3) is 2.61. The molecule has 1 saturated heterocycles. The lowest BCUT2D eigenvalue weighted by Gasteiger charge is -2.35. The summed E-state index contributed by atoms with van der Waals surface area (Å²) in [6.07, 6.45) is 1.79. The van der Waals surface area contributed by atoms with Gasteiger partial charge in [0.05, 0.1) is 5.69 Å². The number of carbonyl (C=O) groups excluding carboxylic acids is 1. The van der Waals surface area contributed by atoms with E-state index in [0.29, 0.717) is 30.1 Å². The highest BCUT2D eigenvalue weighted by Crippen LogP contribution is 2.18. The van der Waals surface area contributed by atoms with Crippen LogP contribution in [0.25, 0.3) is 0 Å². The van der Waals surface area contributed by atoms with Gasteiger partial charge >= 0.3 is 0 Å². The number of rotatable bonds is 2. The van der Waals surface area contributed by atoms with Gasteiger partial charge in [-0.1, -0.05) is 11.2 Å². The zero-order valence-electron chi connectivity index (χ0n) is 12.2. The van der Waals surface area contributed by atoms with Crippen LogP contribution in [0.4, 0.5) is 5.82 Å². The van der Waals surface area contributed by atoms with Crippen molar-refractivity contribution in [2.75, 3.05) is 31.1 Å². The van der Waals surface area contributed by atoms with Gasteiger partial charge in [0.2, 0.25) is 0 Å². The number of anilines is 1. The number of aromatic nitrogens is 2. The van der Waals surface area contributed by atoms with E-state index in [-0.39, 0.29) is 5.91 Å². The Bertz CT molecular complexity index is 611. The second-order valence-corrected chi connectivity index (χ2v) is 5.17. The predicted molar refractivity (Wildman–Crippen MR) is 78.3 cm³/mol. The first-order chi connectivity index (χ1) is 10.2. The summed E-state index contributed by atoms with van der Waals surface area (Å²) in [7, 11) is 0. The Balaban J connectivity index is 1.68. The average molecular weight is 286 g/mol. The van der Waals surface area contributed by atoms with Crippen LogP contribution in [0, 0.1) is 13.8 Å². The Morgan fingerprint density at radius 3 is 2.52 bits per heavy atom. The Kier molecular flexibility index (Phi) is 3.60. The van der Waals surface area contributed by atoms with Gasteiger partial charge < -0.3 is 14.3 Å². The predicted octanol–water partition coefficient (Wildman–Crippen LogP) is 1.65. The lowest BCUT2D eigenvalue weighted by atomic mass is 10.1. The van der Waals surface area contributed by atoms with Crippen molar-refractivity contribution in [3.8, 4) is 0 Å². The molecule has 21 heavy (non-hydrogen) atoms. The van der Waals surface area contributed by atoms with Crippen LogP contribution in [0.5, 0.6) is 0 Å². The zero-order chi connectivity index (χ0) is 14.8. The maximum atomic E-state index is 12.5. The number of nitrogens with zero attached hydrogens (tertiary/aromatic N) is 4. The molecule has 0 spiro atoms. The molecule has 0 aliphatic carbocycles. The quantitative estimate of drug-likeness (QED) is 0.840. The van der Waals surface area contributed by atoms with Gasteiger partial charge in [-0.3, -0.25) is 4.79 Å². The van der Waals surface area contributed by atoms with Crippen molar-refractivity contribution in [3.05, 3.63) is 41.4 Å². The summed E-state index contributed by atoms with van der Waals surface area (Å²) in [5.41, 5.74) is 1.26. The molecule has 1 fully saturated rings. The molecule has 0 bridgehead atoms. The van der Waals surface area contributed by atoms with E-state index < -0.39 is 0 Å². The monoisotopic (exact) mass is 286 g/mol. The van der Waals surface area contributed by atoms with Crippen LogP contribution in [-0.2, 0) is 0 Å². The minimum atomic E-state index is 0.00641. The van der Waals surface area contributed by atoms with Crippen LogP contribution in [0.2, 0.25) is 0 Å². The molecule has 3 rings (SSSR count). The van der Waals surface area contributed by atoms with E-state index in [9.17, 15) is 4.79 Å². The molecule has 0 aromatic carbocycles. The molecule has 0 radical (unpaired) electrons. The maximum absolute atomic E-state index is 12.5. The Hall–Kier alpha value is -2.37. The Morgan fingerprint density at radius 1 is 1.19 bits per heavy atom. The third-order valence-electron chi connectivity index (χ3n) is 3.79. The van der Waals surface area contributed by atoms with Gasteiger partial charge in [-0.25, -0.2) is 4.98 Å². The first-order valence-corrected chi connectivity index (χ1v) is 7.05. The number of aryl methyl sites for hydroxylation is 2. The van der Waals surface area contributed by atoms with Crippen molar-refractivity contribution in [1.29, 1.82) is 0 Å². The fraction of sp³-hybridized carbons (Fsp3) is 0.400. The lowest BCUT2D eigenvalue weighted by molar-refractivity contribution is 0.0744. The maximum Gasteiger partial charge on any atom is 0.259 e. The number of piperazine rings is 1. The van der Waals surface area contributed by atoms with E-state index in [1.54, 1.807) is 20.0 Å². The molecule has 0 unspecified atom stereocenters. The molecule has 3 heterocycles. The van der Waals surface area contributed by atoms with Crippen LogP contribution in [-0.4, -0.2) is 47.1 Å².